The van der Waals surface area contributed by atoms with Gasteiger partial charge in [0.25, 0.3) is 0 Å². The van der Waals surface area contributed by atoms with E-state index in [4.69, 9.17) is 5.73 Å². The maximum atomic E-state index is 14.0. The Bertz CT molecular complexity index is 628. The van der Waals surface area contributed by atoms with Gasteiger partial charge in [0.15, 0.2) is 0 Å². The van der Waals surface area contributed by atoms with Gasteiger partial charge < -0.3 is 10.8 Å². The second-order valence-corrected chi connectivity index (χ2v) is 6.46. The molecule has 3 N–H and O–H groups in total. The zero-order chi connectivity index (χ0) is 15.6. The quantitative estimate of drug-likeness (QED) is 0.775. The average Bonchev–Trinajstić information content (AvgIpc) is 2.38. The first-order valence-electron chi connectivity index (χ1n) is 6.22. The van der Waals surface area contributed by atoms with E-state index in [1.807, 2.05) is 6.07 Å². The molecule has 2 aromatic rings. The highest BCUT2D eigenvalue weighted by molar-refractivity contribution is 9.10. The lowest BCUT2D eigenvalue weighted by Gasteiger charge is -2.23. The molecule has 2 aromatic carbocycles. The van der Waals surface area contributed by atoms with Crippen LogP contribution in [0.1, 0.15) is 23.1 Å². The van der Waals surface area contributed by atoms with Gasteiger partial charge in [0, 0.05) is 21.4 Å². The van der Waals surface area contributed by atoms with E-state index in [1.54, 1.807) is 18.2 Å². The van der Waals surface area contributed by atoms with Crippen LogP contribution >= 0.6 is 31.9 Å². The van der Waals surface area contributed by atoms with Gasteiger partial charge in [-0.3, -0.25) is 0 Å². The number of nitrogens with two attached hydrogens (primary N) is 1. The molecule has 0 fully saturated rings. The number of benzene rings is 2. The molecule has 2 rings (SSSR count). The van der Waals surface area contributed by atoms with Gasteiger partial charge in [-0.1, -0.05) is 44.0 Å². The smallest absolute Gasteiger partial charge is 0.133 e. The molecule has 0 saturated heterocycles. The molecular formula is C15H13Br2F2NO. The van der Waals surface area contributed by atoms with E-state index < -0.39 is 23.7 Å². The summed E-state index contributed by atoms with van der Waals surface area (Å²) in [5.41, 5.74) is 6.04. The first-order valence-corrected chi connectivity index (χ1v) is 7.80. The topological polar surface area (TPSA) is 46.2 Å². The third kappa shape index (κ3) is 3.69. The summed E-state index contributed by atoms with van der Waals surface area (Å²) in [7, 11) is 0. The summed E-state index contributed by atoms with van der Waals surface area (Å²) in [6, 6.07) is 9.38. The number of halogens is 4. The van der Waals surface area contributed by atoms with Crippen molar-refractivity contribution in [3.63, 3.8) is 0 Å². The molecule has 112 valence electrons. The molecule has 0 aliphatic heterocycles. The Hall–Kier alpha value is -0.820. The highest BCUT2D eigenvalue weighted by Gasteiger charge is 2.27. The molecule has 0 aliphatic carbocycles. The van der Waals surface area contributed by atoms with Gasteiger partial charge in [0.2, 0.25) is 0 Å². The van der Waals surface area contributed by atoms with Crippen molar-refractivity contribution in [2.45, 2.75) is 12.0 Å². The standard InChI is InChI=1S/C15H13Br2F2NO/c16-9-3-1-2-8(4-9)11(7-20)15(21)14-12(18)5-10(17)6-13(14)19/h1-6,11,15,21H,7,20H2. The summed E-state index contributed by atoms with van der Waals surface area (Å²) in [5, 5.41) is 10.4. The number of hydrogen-bond donors (Lipinski definition) is 2. The Kier molecular flexibility index (Phi) is 5.48. The van der Waals surface area contributed by atoms with E-state index in [0.717, 1.165) is 16.6 Å². The van der Waals surface area contributed by atoms with Crippen LogP contribution in [-0.4, -0.2) is 11.7 Å². The molecular weight excluding hydrogens is 408 g/mol. The first kappa shape index (κ1) is 16.5. The fourth-order valence-corrected chi connectivity index (χ4v) is 3.04. The van der Waals surface area contributed by atoms with Crippen LogP contribution < -0.4 is 5.73 Å². The van der Waals surface area contributed by atoms with Crippen molar-refractivity contribution in [2.75, 3.05) is 6.54 Å². The van der Waals surface area contributed by atoms with Crippen molar-refractivity contribution in [3.05, 3.63) is 68.1 Å². The van der Waals surface area contributed by atoms with Crippen LogP contribution in [0.15, 0.2) is 45.3 Å². The molecule has 0 heterocycles. The minimum atomic E-state index is -1.36. The lowest BCUT2D eigenvalue weighted by molar-refractivity contribution is 0.138. The molecule has 2 atom stereocenters. The van der Waals surface area contributed by atoms with E-state index >= 15 is 0 Å². The SMILES string of the molecule is NCC(c1cccc(Br)c1)C(O)c1c(F)cc(Br)cc1F. The van der Waals surface area contributed by atoms with Gasteiger partial charge in [0.05, 0.1) is 11.7 Å². The van der Waals surface area contributed by atoms with E-state index in [-0.39, 0.29) is 16.6 Å². The highest BCUT2D eigenvalue weighted by atomic mass is 79.9. The second-order valence-electron chi connectivity index (χ2n) is 4.63. The zero-order valence-corrected chi connectivity index (χ0v) is 14.0. The van der Waals surface area contributed by atoms with Crippen molar-refractivity contribution < 1.29 is 13.9 Å². The lowest BCUT2D eigenvalue weighted by Crippen LogP contribution is -2.22. The maximum Gasteiger partial charge on any atom is 0.133 e. The Labute approximate surface area is 138 Å². The van der Waals surface area contributed by atoms with E-state index in [9.17, 15) is 13.9 Å². The number of rotatable bonds is 4. The molecule has 0 saturated carbocycles. The Balaban J connectivity index is 2.44. The molecule has 2 unspecified atom stereocenters. The molecule has 0 radical (unpaired) electrons. The van der Waals surface area contributed by atoms with Gasteiger partial charge >= 0.3 is 0 Å². The summed E-state index contributed by atoms with van der Waals surface area (Å²) in [4.78, 5) is 0. The van der Waals surface area contributed by atoms with E-state index in [1.165, 1.54) is 0 Å². The van der Waals surface area contributed by atoms with Crippen LogP contribution in [0.3, 0.4) is 0 Å². The third-order valence-corrected chi connectivity index (χ3v) is 4.20. The third-order valence-electron chi connectivity index (χ3n) is 3.25. The monoisotopic (exact) mass is 419 g/mol. The molecule has 0 amide bonds. The molecule has 0 spiro atoms. The van der Waals surface area contributed by atoms with Gasteiger partial charge in [0.1, 0.15) is 11.6 Å². The summed E-state index contributed by atoms with van der Waals surface area (Å²) in [6.45, 7) is 0.0621. The largest absolute Gasteiger partial charge is 0.388 e. The van der Waals surface area contributed by atoms with Crippen molar-refractivity contribution in [1.82, 2.24) is 0 Å². The van der Waals surface area contributed by atoms with Crippen LogP contribution in [0, 0.1) is 11.6 Å². The van der Waals surface area contributed by atoms with Gasteiger partial charge in [-0.25, -0.2) is 8.78 Å². The highest BCUT2D eigenvalue weighted by Crippen LogP contribution is 2.35. The number of aliphatic hydroxyl groups excluding tert-OH is 1. The van der Waals surface area contributed by atoms with E-state index in [0.29, 0.717) is 5.56 Å². The lowest BCUT2D eigenvalue weighted by atomic mass is 9.89. The molecule has 0 bridgehead atoms. The molecule has 21 heavy (non-hydrogen) atoms. The normalized spacial score (nSPS) is 14.0. The van der Waals surface area contributed by atoms with Crippen LogP contribution in [0.25, 0.3) is 0 Å². The molecule has 2 nitrogen and oxygen atoms in total. The molecule has 0 aromatic heterocycles. The second kappa shape index (κ2) is 6.96. The van der Waals surface area contributed by atoms with Gasteiger partial charge in [-0.05, 0) is 29.8 Å². The summed E-state index contributed by atoms with van der Waals surface area (Å²) in [5.74, 6) is -2.21. The first-order chi connectivity index (χ1) is 9.93. The Morgan fingerprint density at radius 2 is 1.67 bits per heavy atom. The Morgan fingerprint density at radius 3 is 2.19 bits per heavy atom. The van der Waals surface area contributed by atoms with Crippen LogP contribution in [0.5, 0.6) is 0 Å². The van der Waals surface area contributed by atoms with Gasteiger partial charge in [-0.2, -0.15) is 0 Å². The van der Waals surface area contributed by atoms with Gasteiger partial charge in [-0.15, -0.1) is 0 Å². The van der Waals surface area contributed by atoms with Crippen LogP contribution in [0.4, 0.5) is 8.78 Å². The molecule has 6 heteroatoms. The predicted molar refractivity (Wildman–Crippen MR) is 85.0 cm³/mol. The van der Waals surface area contributed by atoms with Crippen molar-refractivity contribution in [1.29, 1.82) is 0 Å². The fraction of sp³-hybridized carbons (Fsp3) is 0.200. The van der Waals surface area contributed by atoms with E-state index in [2.05, 4.69) is 31.9 Å². The minimum Gasteiger partial charge on any atom is -0.388 e. The number of aliphatic hydroxyl groups is 1. The van der Waals surface area contributed by atoms with Crippen LogP contribution in [0.2, 0.25) is 0 Å². The zero-order valence-electron chi connectivity index (χ0n) is 10.9. The van der Waals surface area contributed by atoms with Crippen LogP contribution in [-0.2, 0) is 0 Å². The summed E-state index contributed by atoms with van der Waals surface area (Å²) in [6.07, 6.45) is -1.36. The predicted octanol–water partition coefficient (Wildman–Crippen LogP) is 4.27. The Morgan fingerprint density at radius 1 is 1.05 bits per heavy atom. The molecule has 0 aliphatic rings. The fourth-order valence-electron chi connectivity index (χ4n) is 2.22. The summed E-state index contributed by atoms with van der Waals surface area (Å²) >= 11 is 6.34. The number of hydrogen-bond acceptors (Lipinski definition) is 2. The van der Waals surface area contributed by atoms with Crippen molar-refractivity contribution >= 4 is 31.9 Å². The summed E-state index contributed by atoms with van der Waals surface area (Å²) < 4.78 is 29.0. The van der Waals surface area contributed by atoms with Crippen molar-refractivity contribution in [3.8, 4) is 0 Å². The minimum absolute atomic E-state index is 0.0621. The maximum absolute atomic E-state index is 14.0. The average molecular weight is 421 g/mol. The van der Waals surface area contributed by atoms with Crippen molar-refractivity contribution in [2.24, 2.45) is 5.73 Å².